The van der Waals surface area contributed by atoms with E-state index in [1.807, 2.05) is 7.05 Å². The lowest BCUT2D eigenvalue weighted by Crippen LogP contribution is -2.50. The highest BCUT2D eigenvalue weighted by atomic mass is 35.5. The number of nitrogens with zero attached hydrogens (tertiary/aromatic N) is 2. The van der Waals surface area contributed by atoms with E-state index in [9.17, 15) is 9.18 Å². The molecule has 5 fully saturated rings. The molecule has 1 aromatic carbocycles. The maximum Gasteiger partial charge on any atom is 0.226 e. The predicted molar refractivity (Wildman–Crippen MR) is 117 cm³/mol. The summed E-state index contributed by atoms with van der Waals surface area (Å²) in [4.78, 5) is 20.0. The minimum Gasteiger partial charge on any atom is -0.350 e. The molecule has 1 unspecified atom stereocenters. The zero-order valence-corrected chi connectivity index (χ0v) is 18.2. The van der Waals surface area contributed by atoms with E-state index in [0.717, 1.165) is 28.7 Å². The van der Waals surface area contributed by atoms with E-state index >= 15 is 0 Å². The van der Waals surface area contributed by atoms with Crippen LogP contribution in [0.15, 0.2) is 23.2 Å². The number of nitrogens with one attached hydrogen (secondary N) is 1. The fraction of sp³-hybridized carbons (Fsp3) is 0.636. The Morgan fingerprint density at radius 3 is 2.59 bits per heavy atom. The molecule has 1 N–H and O–H groups in total. The van der Waals surface area contributed by atoms with Gasteiger partial charge < -0.3 is 10.2 Å². The molecular formula is C22H27ClFN3OS. The summed E-state index contributed by atoms with van der Waals surface area (Å²) in [6.07, 6.45) is 8.29. The van der Waals surface area contributed by atoms with Crippen LogP contribution in [0.4, 0.5) is 10.1 Å². The van der Waals surface area contributed by atoms with E-state index in [2.05, 4.69) is 10.2 Å². The molecule has 0 spiro atoms. The lowest BCUT2D eigenvalue weighted by Gasteiger charge is -2.55. The Balaban J connectivity index is 1.24. The third kappa shape index (κ3) is 3.90. The van der Waals surface area contributed by atoms with E-state index < -0.39 is 5.82 Å². The van der Waals surface area contributed by atoms with E-state index in [0.29, 0.717) is 11.4 Å². The fourth-order valence-electron chi connectivity index (χ4n) is 6.26. The predicted octanol–water partition coefficient (Wildman–Crippen LogP) is 5.18. The van der Waals surface area contributed by atoms with Crippen molar-refractivity contribution in [1.29, 1.82) is 0 Å². The van der Waals surface area contributed by atoms with Crippen molar-refractivity contribution in [1.82, 2.24) is 4.90 Å². The zero-order chi connectivity index (χ0) is 20.2. The first-order valence-electron chi connectivity index (χ1n) is 10.6. The van der Waals surface area contributed by atoms with Gasteiger partial charge in [-0.2, -0.15) is 0 Å². The van der Waals surface area contributed by atoms with Gasteiger partial charge in [-0.3, -0.25) is 9.79 Å². The maximum absolute atomic E-state index is 13.9. The number of amidine groups is 1. The molecule has 156 valence electrons. The number of rotatable bonds is 4. The standard InChI is InChI=1S/C22H27ClFN3OS/c1-27-17(8-20(28)25-19-7-16(23)2-3-18(19)24)12-29-21(27)26-22-9-13-4-14(10-22)6-15(5-13)11-22/h2-3,7,13-15,17H,4-6,8-12H2,1H3,(H,25,28). The van der Waals surface area contributed by atoms with Crippen LogP contribution in [0.25, 0.3) is 0 Å². The maximum atomic E-state index is 13.9. The Morgan fingerprint density at radius 2 is 1.93 bits per heavy atom. The van der Waals surface area contributed by atoms with E-state index in [1.54, 1.807) is 11.8 Å². The van der Waals surface area contributed by atoms with Gasteiger partial charge in [-0.05, 0) is 74.5 Å². The van der Waals surface area contributed by atoms with Crippen molar-refractivity contribution in [3.63, 3.8) is 0 Å². The second-order valence-electron chi connectivity index (χ2n) is 9.49. The molecule has 1 heterocycles. The molecule has 4 saturated carbocycles. The summed E-state index contributed by atoms with van der Waals surface area (Å²) in [7, 11) is 2.04. The molecule has 5 aliphatic rings. The largest absolute Gasteiger partial charge is 0.350 e. The minimum absolute atomic E-state index is 0.0786. The van der Waals surface area contributed by atoms with Crippen LogP contribution in [0.1, 0.15) is 44.9 Å². The molecule has 4 nitrogen and oxygen atoms in total. The van der Waals surface area contributed by atoms with Crippen molar-refractivity contribution < 1.29 is 9.18 Å². The first kappa shape index (κ1) is 19.7. The van der Waals surface area contributed by atoms with Gasteiger partial charge in [0.2, 0.25) is 5.91 Å². The third-order valence-electron chi connectivity index (χ3n) is 7.22. The Morgan fingerprint density at radius 1 is 1.28 bits per heavy atom. The lowest BCUT2D eigenvalue weighted by atomic mass is 9.53. The monoisotopic (exact) mass is 435 g/mol. The van der Waals surface area contributed by atoms with Crippen molar-refractivity contribution in [3.05, 3.63) is 29.0 Å². The normalized spacial score (nSPS) is 36.8. The number of halogens is 2. The number of aliphatic imine (C=N–C) groups is 1. The SMILES string of the molecule is CN1C(=NC23CC4CC(CC(C4)C2)C3)SCC1CC(=O)Nc1cc(Cl)ccc1F. The quantitative estimate of drug-likeness (QED) is 0.708. The number of benzene rings is 1. The second-order valence-corrected chi connectivity index (χ2v) is 10.9. The van der Waals surface area contributed by atoms with E-state index in [1.165, 1.54) is 56.7 Å². The molecule has 1 saturated heterocycles. The number of carbonyl (C=O) groups excluding carboxylic acids is 1. The topological polar surface area (TPSA) is 44.7 Å². The highest BCUT2D eigenvalue weighted by Gasteiger charge is 2.51. The van der Waals surface area contributed by atoms with Gasteiger partial charge in [0.15, 0.2) is 5.17 Å². The van der Waals surface area contributed by atoms with Crippen molar-refractivity contribution in [2.24, 2.45) is 22.7 Å². The van der Waals surface area contributed by atoms with Crippen LogP contribution >= 0.6 is 23.4 Å². The third-order valence-corrected chi connectivity index (χ3v) is 8.64. The smallest absolute Gasteiger partial charge is 0.226 e. The Labute approximate surface area is 180 Å². The van der Waals surface area contributed by atoms with Gasteiger partial charge in [0.1, 0.15) is 5.82 Å². The zero-order valence-electron chi connectivity index (χ0n) is 16.7. The fourth-order valence-corrected chi connectivity index (χ4v) is 7.73. The molecule has 7 heteroatoms. The lowest BCUT2D eigenvalue weighted by molar-refractivity contribution is -0.116. The average molecular weight is 436 g/mol. The van der Waals surface area contributed by atoms with Crippen LogP contribution in [0.5, 0.6) is 0 Å². The first-order chi connectivity index (χ1) is 13.9. The summed E-state index contributed by atoms with van der Waals surface area (Å²) < 4.78 is 13.9. The van der Waals surface area contributed by atoms with E-state index in [-0.39, 0.29) is 23.2 Å². The second kappa shape index (κ2) is 7.45. The number of thioether (sulfide) groups is 1. The minimum atomic E-state index is -0.471. The molecule has 0 radical (unpaired) electrons. The molecular weight excluding hydrogens is 409 g/mol. The van der Waals surface area contributed by atoms with Gasteiger partial charge in [-0.15, -0.1) is 0 Å². The molecule has 1 aliphatic heterocycles. The van der Waals surface area contributed by atoms with Crippen molar-refractivity contribution >= 4 is 40.1 Å². The highest BCUT2D eigenvalue weighted by molar-refractivity contribution is 8.14. The van der Waals surface area contributed by atoms with Crippen LogP contribution in [-0.2, 0) is 4.79 Å². The van der Waals surface area contributed by atoms with Crippen molar-refractivity contribution in [3.8, 4) is 0 Å². The van der Waals surface area contributed by atoms with Gasteiger partial charge in [-0.25, -0.2) is 4.39 Å². The molecule has 29 heavy (non-hydrogen) atoms. The molecule has 1 aromatic rings. The molecule has 4 aliphatic carbocycles. The van der Waals surface area contributed by atoms with Crippen LogP contribution in [0.3, 0.4) is 0 Å². The number of hydrogen-bond acceptors (Lipinski definition) is 3. The number of amides is 1. The summed E-state index contributed by atoms with van der Waals surface area (Å²) in [6, 6.07) is 4.27. The van der Waals surface area contributed by atoms with Crippen LogP contribution < -0.4 is 5.32 Å². The van der Waals surface area contributed by atoms with Crippen molar-refractivity contribution in [2.45, 2.75) is 56.5 Å². The van der Waals surface area contributed by atoms with Crippen LogP contribution in [0, 0.1) is 23.6 Å². The molecule has 4 bridgehead atoms. The molecule has 6 rings (SSSR count). The van der Waals surface area contributed by atoms with Crippen LogP contribution in [0.2, 0.25) is 5.02 Å². The molecule has 1 amide bonds. The average Bonchev–Trinajstić information content (AvgIpc) is 2.96. The highest BCUT2D eigenvalue weighted by Crippen LogP contribution is 2.57. The van der Waals surface area contributed by atoms with E-state index in [4.69, 9.17) is 16.6 Å². The van der Waals surface area contributed by atoms with Gasteiger partial charge in [0.25, 0.3) is 0 Å². The van der Waals surface area contributed by atoms with Gasteiger partial charge in [0, 0.05) is 30.3 Å². The van der Waals surface area contributed by atoms with Crippen LogP contribution in [-0.4, -0.2) is 40.4 Å². The number of hydrogen-bond donors (Lipinski definition) is 1. The van der Waals surface area contributed by atoms with Gasteiger partial charge in [0.05, 0.1) is 11.2 Å². The van der Waals surface area contributed by atoms with Gasteiger partial charge in [-0.1, -0.05) is 23.4 Å². The van der Waals surface area contributed by atoms with Crippen molar-refractivity contribution in [2.75, 3.05) is 18.1 Å². The first-order valence-corrected chi connectivity index (χ1v) is 12.0. The number of anilines is 1. The Bertz CT molecular complexity index is 825. The Hall–Kier alpha value is -1.27. The summed E-state index contributed by atoms with van der Waals surface area (Å²) in [5.41, 5.74) is 0.283. The Kier molecular flexibility index (Phi) is 5.06. The molecule has 1 atom stereocenters. The summed E-state index contributed by atoms with van der Waals surface area (Å²) in [6.45, 7) is 0. The summed E-state index contributed by atoms with van der Waals surface area (Å²) in [5.74, 6) is 2.79. The summed E-state index contributed by atoms with van der Waals surface area (Å²) in [5, 5.41) is 4.15. The summed E-state index contributed by atoms with van der Waals surface area (Å²) >= 11 is 7.68. The van der Waals surface area contributed by atoms with Gasteiger partial charge >= 0.3 is 0 Å². The molecule has 0 aromatic heterocycles. The number of carbonyl (C=O) groups is 1.